The third-order valence-corrected chi connectivity index (χ3v) is 6.32. The molecule has 0 spiro atoms. The van der Waals surface area contributed by atoms with Gasteiger partial charge in [-0.15, -0.1) is 0 Å². The number of nitrogens with zero attached hydrogens (tertiary/aromatic N) is 4. The molecule has 0 radical (unpaired) electrons. The Morgan fingerprint density at radius 2 is 1.79 bits per heavy atom. The van der Waals surface area contributed by atoms with Crippen LogP contribution in [0.2, 0.25) is 0 Å². The van der Waals surface area contributed by atoms with E-state index in [1.165, 1.54) is 11.6 Å². The van der Waals surface area contributed by atoms with Gasteiger partial charge in [0.15, 0.2) is 0 Å². The van der Waals surface area contributed by atoms with Crippen LogP contribution in [0.15, 0.2) is 48.7 Å². The lowest BCUT2D eigenvalue weighted by molar-refractivity contribution is 0.148. The molecule has 2 aromatic heterocycles. The molecule has 0 amide bonds. The minimum atomic E-state index is -0.290. The van der Waals surface area contributed by atoms with Gasteiger partial charge in [-0.1, -0.05) is 24.3 Å². The minimum absolute atomic E-state index is 0.290. The fourth-order valence-electron chi connectivity index (χ4n) is 4.34. The smallest absolute Gasteiger partial charge is 0.232 e. The zero-order chi connectivity index (χ0) is 23.7. The highest BCUT2D eigenvalue weighted by atomic mass is 19.1. The number of ether oxygens (including phenoxy) is 1. The first-order valence-electron chi connectivity index (χ1n) is 11.5. The third kappa shape index (κ3) is 4.60. The Hall–Kier alpha value is -3.49. The van der Waals surface area contributed by atoms with E-state index in [-0.39, 0.29) is 5.82 Å². The quantitative estimate of drug-likeness (QED) is 0.439. The number of halogens is 1. The predicted molar refractivity (Wildman–Crippen MR) is 133 cm³/mol. The molecule has 5 rings (SSSR count). The summed E-state index contributed by atoms with van der Waals surface area (Å²) in [6, 6.07) is 13.5. The number of aromatic amines is 1. The number of piperazine rings is 1. The number of anilines is 2. The van der Waals surface area contributed by atoms with Gasteiger partial charge in [-0.05, 0) is 43.3 Å². The van der Waals surface area contributed by atoms with Crippen molar-refractivity contribution in [2.45, 2.75) is 13.5 Å². The van der Waals surface area contributed by atoms with Crippen LogP contribution in [-0.2, 0) is 6.54 Å². The monoisotopic (exact) mass is 460 g/mol. The van der Waals surface area contributed by atoms with Gasteiger partial charge >= 0.3 is 0 Å². The van der Waals surface area contributed by atoms with Gasteiger partial charge in [0, 0.05) is 55.7 Å². The van der Waals surface area contributed by atoms with Crippen LogP contribution in [0.5, 0.6) is 5.88 Å². The van der Waals surface area contributed by atoms with Crippen molar-refractivity contribution in [3.05, 3.63) is 65.6 Å². The number of aromatic nitrogens is 3. The summed E-state index contributed by atoms with van der Waals surface area (Å²) in [5.41, 5.74) is 4.76. The van der Waals surface area contributed by atoms with Gasteiger partial charge in [0.1, 0.15) is 11.5 Å². The topological polar surface area (TPSA) is 69.3 Å². The maximum Gasteiger partial charge on any atom is 0.232 e. The fraction of sp³-hybridized carbons (Fsp3) is 0.308. The Morgan fingerprint density at radius 1 is 1.03 bits per heavy atom. The summed E-state index contributed by atoms with van der Waals surface area (Å²) in [6.45, 7) is 7.22. The molecule has 2 N–H and O–H groups in total. The molecule has 0 unspecified atom stereocenters. The van der Waals surface area contributed by atoms with Gasteiger partial charge in [-0.3, -0.25) is 4.90 Å². The van der Waals surface area contributed by atoms with Gasteiger partial charge in [0.25, 0.3) is 0 Å². The SMILES string of the molecule is COc1nc(Nc2ccc(CN3CCN(C)CC3)cc2)nc2[nH]cc(-c3ccc(C)cc3F)c12. The molecule has 0 saturated carbocycles. The number of benzene rings is 2. The molecule has 1 fully saturated rings. The first kappa shape index (κ1) is 22.3. The van der Waals surface area contributed by atoms with E-state index in [0.717, 1.165) is 44.0 Å². The van der Waals surface area contributed by atoms with E-state index >= 15 is 0 Å². The highest BCUT2D eigenvalue weighted by Gasteiger charge is 2.18. The molecule has 2 aromatic carbocycles. The summed E-state index contributed by atoms with van der Waals surface area (Å²) in [4.78, 5) is 17.1. The first-order valence-corrected chi connectivity index (χ1v) is 11.5. The summed E-state index contributed by atoms with van der Waals surface area (Å²) in [7, 11) is 3.72. The molecular formula is C26H29FN6O. The molecule has 8 heteroatoms. The predicted octanol–water partition coefficient (Wildman–Crippen LogP) is 4.57. The Bertz CT molecular complexity index is 1290. The zero-order valence-electron chi connectivity index (χ0n) is 19.7. The van der Waals surface area contributed by atoms with Crippen LogP contribution in [-0.4, -0.2) is 65.1 Å². The van der Waals surface area contributed by atoms with Crippen LogP contribution in [0.4, 0.5) is 16.0 Å². The van der Waals surface area contributed by atoms with Gasteiger partial charge < -0.3 is 19.9 Å². The molecule has 0 bridgehead atoms. The van der Waals surface area contributed by atoms with Gasteiger partial charge in [-0.2, -0.15) is 9.97 Å². The number of hydrogen-bond donors (Lipinski definition) is 2. The van der Waals surface area contributed by atoms with Crippen LogP contribution >= 0.6 is 0 Å². The van der Waals surface area contributed by atoms with Gasteiger partial charge in [0.2, 0.25) is 11.8 Å². The molecule has 7 nitrogen and oxygen atoms in total. The van der Waals surface area contributed by atoms with Gasteiger partial charge in [0.05, 0.1) is 12.5 Å². The van der Waals surface area contributed by atoms with Crippen molar-refractivity contribution in [2.24, 2.45) is 0 Å². The second kappa shape index (κ2) is 9.40. The lowest BCUT2D eigenvalue weighted by atomic mass is 10.0. The molecule has 34 heavy (non-hydrogen) atoms. The van der Waals surface area contributed by atoms with Crippen molar-refractivity contribution >= 4 is 22.7 Å². The fourth-order valence-corrected chi connectivity index (χ4v) is 4.34. The summed E-state index contributed by atoms with van der Waals surface area (Å²) in [6.07, 6.45) is 1.74. The van der Waals surface area contributed by atoms with E-state index < -0.39 is 0 Å². The van der Waals surface area contributed by atoms with Crippen LogP contribution in [0.25, 0.3) is 22.2 Å². The number of methoxy groups -OCH3 is 1. The van der Waals surface area contributed by atoms with E-state index in [9.17, 15) is 4.39 Å². The van der Waals surface area contributed by atoms with Crippen molar-refractivity contribution in [1.82, 2.24) is 24.8 Å². The molecule has 4 aromatic rings. The number of hydrogen-bond acceptors (Lipinski definition) is 6. The lowest BCUT2D eigenvalue weighted by Crippen LogP contribution is -2.43. The number of likely N-dealkylation sites (N-methyl/N-ethyl adjacent to an activating group) is 1. The van der Waals surface area contributed by atoms with Crippen LogP contribution in [0.3, 0.4) is 0 Å². The summed E-state index contributed by atoms with van der Waals surface area (Å²) >= 11 is 0. The molecular weight excluding hydrogens is 431 g/mol. The second-order valence-electron chi connectivity index (χ2n) is 8.87. The number of fused-ring (bicyclic) bond motifs is 1. The van der Waals surface area contributed by atoms with Crippen molar-refractivity contribution in [2.75, 3.05) is 45.7 Å². The van der Waals surface area contributed by atoms with E-state index in [2.05, 4.69) is 49.2 Å². The number of aryl methyl sites for hydroxylation is 1. The van der Waals surface area contributed by atoms with E-state index in [0.29, 0.717) is 34.0 Å². The van der Waals surface area contributed by atoms with Crippen molar-refractivity contribution < 1.29 is 9.13 Å². The first-order chi connectivity index (χ1) is 16.5. The number of nitrogens with one attached hydrogen (secondary N) is 2. The highest BCUT2D eigenvalue weighted by Crippen LogP contribution is 2.36. The average molecular weight is 461 g/mol. The van der Waals surface area contributed by atoms with Crippen LogP contribution < -0.4 is 10.1 Å². The molecule has 1 aliphatic rings. The normalized spacial score (nSPS) is 15.1. The molecule has 0 atom stereocenters. The van der Waals surface area contributed by atoms with Crippen molar-refractivity contribution in [3.8, 4) is 17.0 Å². The average Bonchev–Trinajstić information content (AvgIpc) is 3.25. The van der Waals surface area contributed by atoms with Crippen LogP contribution in [0.1, 0.15) is 11.1 Å². The third-order valence-electron chi connectivity index (χ3n) is 6.32. The second-order valence-corrected chi connectivity index (χ2v) is 8.87. The summed E-state index contributed by atoms with van der Waals surface area (Å²) in [5.74, 6) is 0.506. The lowest BCUT2D eigenvalue weighted by Gasteiger charge is -2.32. The molecule has 176 valence electrons. The molecule has 3 heterocycles. The number of rotatable bonds is 6. The van der Waals surface area contributed by atoms with E-state index in [1.807, 2.05) is 25.1 Å². The Balaban J connectivity index is 1.36. The van der Waals surface area contributed by atoms with Gasteiger partial charge in [-0.25, -0.2) is 4.39 Å². The Morgan fingerprint density at radius 3 is 2.50 bits per heavy atom. The highest BCUT2D eigenvalue weighted by molar-refractivity contribution is 5.98. The zero-order valence-corrected chi connectivity index (χ0v) is 19.7. The molecule has 0 aliphatic carbocycles. The van der Waals surface area contributed by atoms with Crippen molar-refractivity contribution in [1.29, 1.82) is 0 Å². The number of H-pyrrole nitrogens is 1. The molecule has 1 saturated heterocycles. The summed E-state index contributed by atoms with van der Waals surface area (Å²) in [5, 5.41) is 3.91. The van der Waals surface area contributed by atoms with Crippen LogP contribution in [0, 0.1) is 12.7 Å². The summed E-state index contributed by atoms with van der Waals surface area (Å²) < 4.78 is 20.2. The van der Waals surface area contributed by atoms with E-state index in [1.54, 1.807) is 19.4 Å². The van der Waals surface area contributed by atoms with Crippen molar-refractivity contribution in [3.63, 3.8) is 0 Å². The standard InChI is InChI=1S/C26H29FN6O/c1-17-4-9-20(22(27)14-17)21-15-28-24-23(21)25(34-3)31-26(30-24)29-19-7-5-18(6-8-19)16-33-12-10-32(2)11-13-33/h4-9,14-15H,10-13,16H2,1-3H3,(H2,28,29,30,31). The molecule has 1 aliphatic heterocycles. The maximum atomic E-state index is 14.6. The Kier molecular flexibility index (Phi) is 6.17. The maximum absolute atomic E-state index is 14.6. The van der Waals surface area contributed by atoms with E-state index in [4.69, 9.17) is 4.74 Å². The largest absolute Gasteiger partial charge is 0.480 e. The minimum Gasteiger partial charge on any atom is -0.480 e. The Labute approximate surface area is 198 Å².